The van der Waals surface area contributed by atoms with Gasteiger partial charge in [0.1, 0.15) is 0 Å². The van der Waals surface area contributed by atoms with Gasteiger partial charge < -0.3 is 10.2 Å². The third kappa shape index (κ3) is 2.67. The predicted octanol–water partition coefficient (Wildman–Crippen LogP) is 3.10. The molecule has 1 N–H and O–H groups in total. The van der Waals surface area contributed by atoms with Crippen molar-refractivity contribution in [1.82, 2.24) is 10.2 Å². The maximum Gasteiger partial charge on any atom is 0.223 e. The van der Waals surface area contributed by atoms with Crippen LogP contribution in [0.2, 0.25) is 10.0 Å². The predicted molar refractivity (Wildman–Crippen MR) is 81.0 cm³/mol. The number of likely N-dealkylation sites (tertiary alicyclic amines) is 1. The van der Waals surface area contributed by atoms with Crippen LogP contribution in [-0.2, 0) is 11.3 Å². The van der Waals surface area contributed by atoms with Gasteiger partial charge in [-0.05, 0) is 43.0 Å². The normalized spacial score (nSPS) is 21.7. The van der Waals surface area contributed by atoms with E-state index in [0.717, 1.165) is 38.0 Å². The molecule has 1 aromatic rings. The molecule has 0 atom stereocenters. The van der Waals surface area contributed by atoms with E-state index in [4.69, 9.17) is 23.2 Å². The quantitative estimate of drug-likeness (QED) is 0.910. The summed E-state index contributed by atoms with van der Waals surface area (Å²) in [6.45, 7) is 3.43. The molecular weight excluding hydrogens is 295 g/mol. The first-order chi connectivity index (χ1) is 9.60. The average molecular weight is 313 g/mol. The topological polar surface area (TPSA) is 32.3 Å². The maximum atomic E-state index is 12.3. The fraction of sp³-hybridized carbons (Fsp3) is 0.533. The number of hydrogen-bond donors (Lipinski definition) is 1. The molecule has 5 heteroatoms. The fourth-order valence-corrected chi connectivity index (χ4v) is 3.67. The second-order valence-corrected chi connectivity index (χ2v) is 6.67. The van der Waals surface area contributed by atoms with Crippen LogP contribution in [0, 0.1) is 5.41 Å². The van der Waals surface area contributed by atoms with E-state index in [1.807, 2.05) is 17.0 Å². The Morgan fingerprint density at radius 1 is 1.25 bits per heavy atom. The van der Waals surface area contributed by atoms with Crippen LogP contribution in [0.5, 0.6) is 0 Å². The molecule has 2 aliphatic heterocycles. The summed E-state index contributed by atoms with van der Waals surface area (Å²) in [7, 11) is 0. The molecule has 108 valence electrons. The number of amides is 1. The number of benzene rings is 1. The van der Waals surface area contributed by atoms with Gasteiger partial charge in [0.25, 0.3) is 0 Å². The van der Waals surface area contributed by atoms with Crippen molar-refractivity contribution in [3.05, 3.63) is 33.8 Å². The van der Waals surface area contributed by atoms with Gasteiger partial charge in [-0.2, -0.15) is 0 Å². The molecular formula is C15H18Cl2N2O. The summed E-state index contributed by atoms with van der Waals surface area (Å²) in [6.07, 6.45) is 2.84. The van der Waals surface area contributed by atoms with E-state index in [9.17, 15) is 4.79 Å². The van der Waals surface area contributed by atoms with Gasteiger partial charge in [0.15, 0.2) is 0 Å². The standard InChI is InChI=1S/C15H18Cl2N2O/c16-12-3-1-2-11(14(12)17)9-19-10-15(8-13(19)20)4-6-18-7-5-15/h1-3,18H,4-10H2. The van der Waals surface area contributed by atoms with Crippen molar-refractivity contribution in [2.75, 3.05) is 19.6 Å². The molecule has 0 unspecified atom stereocenters. The zero-order valence-electron chi connectivity index (χ0n) is 11.3. The summed E-state index contributed by atoms with van der Waals surface area (Å²) in [5.74, 6) is 0.239. The Bertz CT molecular complexity index is 527. The average Bonchev–Trinajstić information content (AvgIpc) is 2.72. The molecule has 0 aliphatic carbocycles. The SMILES string of the molecule is O=C1CC2(CCNCC2)CN1Cc1cccc(Cl)c1Cl. The summed E-state index contributed by atoms with van der Waals surface area (Å²) >= 11 is 12.3. The molecule has 1 spiro atoms. The second-order valence-electron chi connectivity index (χ2n) is 5.89. The van der Waals surface area contributed by atoms with E-state index < -0.39 is 0 Å². The molecule has 2 heterocycles. The van der Waals surface area contributed by atoms with Gasteiger partial charge in [0.2, 0.25) is 5.91 Å². The lowest BCUT2D eigenvalue weighted by Gasteiger charge is -2.33. The van der Waals surface area contributed by atoms with Crippen LogP contribution in [0.15, 0.2) is 18.2 Å². The van der Waals surface area contributed by atoms with Crippen LogP contribution in [0.3, 0.4) is 0 Å². The molecule has 2 aliphatic rings. The summed E-state index contributed by atoms with van der Waals surface area (Å²) in [4.78, 5) is 14.2. The summed E-state index contributed by atoms with van der Waals surface area (Å²) in [6, 6.07) is 5.59. The zero-order chi connectivity index (χ0) is 14.2. The summed E-state index contributed by atoms with van der Waals surface area (Å²) < 4.78 is 0. The van der Waals surface area contributed by atoms with E-state index in [0.29, 0.717) is 23.0 Å². The molecule has 2 saturated heterocycles. The number of hydrogen-bond acceptors (Lipinski definition) is 2. The minimum atomic E-state index is 0.174. The Kier molecular flexibility index (Phi) is 3.93. The Labute approximate surface area is 129 Å². The van der Waals surface area contributed by atoms with Crippen LogP contribution >= 0.6 is 23.2 Å². The van der Waals surface area contributed by atoms with Crippen molar-refractivity contribution in [2.24, 2.45) is 5.41 Å². The van der Waals surface area contributed by atoms with Crippen LogP contribution in [0.25, 0.3) is 0 Å². The number of carbonyl (C=O) groups excluding carboxylic acids is 1. The molecule has 0 aromatic heterocycles. The first-order valence-corrected chi connectivity index (χ1v) is 7.77. The number of halogens is 2. The number of nitrogens with zero attached hydrogens (tertiary/aromatic N) is 1. The molecule has 2 fully saturated rings. The number of piperidine rings is 1. The number of nitrogens with one attached hydrogen (secondary N) is 1. The van der Waals surface area contributed by atoms with Crippen LogP contribution < -0.4 is 5.32 Å². The second kappa shape index (κ2) is 5.55. The third-order valence-electron chi connectivity index (χ3n) is 4.46. The largest absolute Gasteiger partial charge is 0.338 e. The Hall–Kier alpha value is -0.770. The zero-order valence-corrected chi connectivity index (χ0v) is 12.8. The van der Waals surface area contributed by atoms with Crippen LogP contribution in [0.4, 0.5) is 0 Å². The highest BCUT2D eigenvalue weighted by Crippen LogP contribution is 2.40. The van der Waals surface area contributed by atoms with Gasteiger partial charge in [-0.3, -0.25) is 4.79 Å². The molecule has 3 nitrogen and oxygen atoms in total. The van der Waals surface area contributed by atoms with Crippen molar-refractivity contribution in [2.45, 2.75) is 25.8 Å². The number of carbonyl (C=O) groups is 1. The van der Waals surface area contributed by atoms with Gasteiger partial charge in [0, 0.05) is 19.5 Å². The smallest absolute Gasteiger partial charge is 0.223 e. The third-order valence-corrected chi connectivity index (χ3v) is 5.32. The van der Waals surface area contributed by atoms with E-state index in [2.05, 4.69) is 5.32 Å². The lowest BCUT2D eigenvalue weighted by molar-refractivity contribution is -0.128. The van der Waals surface area contributed by atoms with Gasteiger partial charge >= 0.3 is 0 Å². The molecule has 3 rings (SSSR count). The lowest BCUT2D eigenvalue weighted by Crippen LogP contribution is -2.38. The molecule has 20 heavy (non-hydrogen) atoms. The van der Waals surface area contributed by atoms with E-state index in [1.54, 1.807) is 6.07 Å². The summed E-state index contributed by atoms with van der Waals surface area (Å²) in [5, 5.41) is 4.48. The highest BCUT2D eigenvalue weighted by atomic mass is 35.5. The number of rotatable bonds is 2. The van der Waals surface area contributed by atoms with Crippen molar-refractivity contribution in [1.29, 1.82) is 0 Å². The van der Waals surface area contributed by atoms with Gasteiger partial charge in [-0.15, -0.1) is 0 Å². The fourth-order valence-electron chi connectivity index (χ4n) is 3.29. The van der Waals surface area contributed by atoms with Gasteiger partial charge in [-0.1, -0.05) is 35.3 Å². The minimum absolute atomic E-state index is 0.174. The maximum absolute atomic E-state index is 12.3. The minimum Gasteiger partial charge on any atom is -0.338 e. The van der Waals surface area contributed by atoms with Crippen molar-refractivity contribution in [3.8, 4) is 0 Å². The van der Waals surface area contributed by atoms with Crippen molar-refractivity contribution in [3.63, 3.8) is 0 Å². The Morgan fingerprint density at radius 2 is 2.00 bits per heavy atom. The molecule has 1 aromatic carbocycles. The van der Waals surface area contributed by atoms with E-state index >= 15 is 0 Å². The molecule has 1 amide bonds. The van der Waals surface area contributed by atoms with Gasteiger partial charge in [-0.25, -0.2) is 0 Å². The van der Waals surface area contributed by atoms with E-state index in [1.165, 1.54) is 0 Å². The lowest BCUT2D eigenvalue weighted by atomic mass is 9.78. The monoisotopic (exact) mass is 312 g/mol. The first kappa shape index (κ1) is 14.2. The first-order valence-electron chi connectivity index (χ1n) is 7.01. The molecule has 0 bridgehead atoms. The molecule has 0 radical (unpaired) electrons. The van der Waals surface area contributed by atoms with Crippen molar-refractivity contribution < 1.29 is 4.79 Å². The van der Waals surface area contributed by atoms with Crippen LogP contribution in [-0.4, -0.2) is 30.4 Å². The Balaban J connectivity index is 1.75. The molecule has 0 saturated carbocycles. The highest BCUT2D eigenvalue weighted by molar-refractivity contribution is 6.42. The highest BCUT2D eigenvalue weighted by Gasteiger charge is 2.43. The van der Waals surface area contributed by atoms with Crippen LogP contribution in [0.1, 0.15) is 24.8 Å². The summed E-state index contributed by atoms with van der Waals surface area (Å²) in [5.41, 5.74) is 1.10. The van der Waals surface area contributed by atoms with Crippen molar-refractivity contribution >= 4 is 29.1 Å². The van der Waals surface area contributed by atoms with E-state index in [-0.39, 0.29) is 11.3 Å². The van der Waals surface area contributed by atoms with Gasteiger partial charge in [0.05, 0.1) is 10.0 Å². The Morgan fingerprint density at radius 3 is 2.75 bits per heavy atom.